The molecule has 6 rings (SSSR count). The van der Waals surface area contributed by atoms with Crippen LogP contribution in [0.15, 0.2) is 103 Å². The monoisotopic (exact) mass is 628 g/mol. The van der Waals surface area contributed by atoms with Gasteiger partial charge in [0.15, 0.2) is 11.5 Å². The molecule has 4 N–H and O–H groups in total. The highest BCUT2D eigenvalue weighted by atomic mass is 79.9. The molecule has 0 spiro atoms. The first-order valence-corrected chi connectivity index (χ1v) is 13.1. The van der Waals surface area contributed by atoms with E-state index in [0.717, 1.165) is 15.6 Å². The number of halogens is 2. The maximum Gasteiger partial charge on any atom is 0.230 e. The number of fused-ring (bicyclic) bond motifs is 2. The Kier molecular flexibility index (Phi) is 5.93. The van der Waals surface area contributed by atoms with Crippen LogP contribution in [0.3, 0.4) is 0 Å². The molecule has 8 heteroatoms. The Balaban J connectivity index is 1.40. The van der Waals surface area contributed by atoms with E-state index in [9.17, 15) is 9.59 Å². The number of carbonyl (C=O) groups is 2. The minimum absolute atomic E-state index is 0.0829. The summed E-state index contributed by atoms with van der Waals surface area (Å²) in [6.07, 6.45) is 0. The predicted octanol–water partition coefficient (Wildman–Crippen LogP) is 8.00. The van der Waals surface area contributed by atoms with Gasteiger partial charge >= 0.3 is 0 Å². The Morgan fingerprint density at radius 1 is 0.579 bits per heavy atom. The topological polar surface area (TPSA) is 112 Å². The van der Waals surface area contributed by atoms with Crippen molar-refractivity contribution in [2.45, 2.75) is 0 Å². The van der Waals surface area contributed by atoms with E-state index >= 15 is 0 Å². The fourth-order valence-electron chi connectivity index (χ4n) is 4.53. The third-order valence-corrected chi connectivity index (χ3v) is 7.67. The summed E-state index contributed by atoms with van der Waals surface area (Å²) in [6.45, 7) is 0. The molecule has 0 fully saturated rings. The molecule has 6 aromatic rings. The maximum absolute atomic E-state index is 13.4. The molecule has 0 saturated carbocycles. The molecular formula is C30H18Br2N2O4. The lowest BCUT2D eigenvalue weighted by atomic mass is 9.99. The molecule has 0 atom stereocenters. The Labute approximate surface area is 233 Å². The van der Waals surface area contributed by atoms with Crippen LogP contribution in [0.4, 0.5) is 11.4 Å². The number of carbonyl (C=O) groups excluding carboxylic acids is 2. The zero-order valence-electron chi connectivity index (χ0n) is 19.6. The molecule has 6 nitrogen and oxygen atoms in total. The first kappa shape index (κ1) is 24.2. The SMILES string of the molecule is Nc1c(C(=O)c2cccc(-c3cc(Br)c4c(N)c(C(=O)c5ccccc5)oc4c3)c2)oc2cccc(Br)c12. The Morgan fingerprint density at radius 2 is 1.18 bits per heavy atom. The minimum Gasteiger partial charge on any atom is -0.450 e. The molecule has 186 valence electrons. The summed E-state index contributed by atoms with van der Waals surface area (Å²) in [5.41, 5.74) is 16.6. The summed E-state index contributed by atoms with van der Waals surface area (Å²) in [5, 5.41) is 1.28. The second kappa shape index (κ2) is 9.31. The molecule has 0 aliphatic rings. The van der Waals surface area contributed by atoms with Crippen molar-refractivity contribution < 1.29 is 18.4 Å². The van der Waals surface area contributed by atoms with Crippen molar-refractivity contribution in [2.24, 2.45) is 0 Å². The van der Waals surface area contributed by atoms with Crippen LogP contribution in [0.5, 0.6) is 0 Å². The van der Waals surface area contributed by atoms with E-state index in [4.69, 9.17) is 20.3 Å². The molecule has 0 radical (unpaired) electrons. The second-order valence-corrected chi connectivity index (χ2v) is 10.4. The van der Waals surface area contributed by atoms with Gasteiger partial charge in [-0.25, -0.2) is 0 Å². The number of ketones is 2. The zero-order valence-corrected chi connectivity index (χ0v) is 22.8. The third kappa shape index (κ3) is 3.93. The summed E-state index contributed by atoms with van der Waals surface area (Å²) in [4.78, 5) is 26.4. The van der Waals surface area contributed by atoms with Crippen molar-refractivity contribution in [3.63, 3.8) is 0 Å². The van der Waals surface area contributed by atoms with Gasteiger partial charge in [-0.2, -0.15) is 0 Å². The van der Waals surface area contributed by atoms with Crippen LogP contribution in [-0.2, 0) is 0 Å². The molecular weight excluding hydrogens is 612 g/mol. The fourth-order valence-corrected chi connectivity index (χ4v) is 5.74. The quantitative estimate of drug-likeness (QED) is 0.187. The van der Waals surface area contributed by atoms with Crippen molar-refractivity contribution in [2.75, 3.05) is 11.5 Å². The van der Waals surface area contributed by atoms with E-state index in [1.54, 1.807) is 54.6 Å². The van der Waals surface area contributed by atoms with Crippen molar-refractivity contribution in [3.8, 4) is 11.1 Å². The van der Waals surface area contributed by atoms with Gasteiger partial charge in [0, 0.05) is 20.1 Å². The molecule has 0 saturated heterocycles. The van der Waals surface area contributed by atoms with Crippen molar-refractivity contribution in [3.05, 3.63) is 117 Å². The lowest BCUT2D eigenvalue weighted by Gasteiger charge is -2.06. The average Bonchev–Trinajstić information content (AvgIpc) is 3.46. The smallest absolute Gasteiger partial charge is 0.230 e. The molecule has 0 aliphatic heterocycles. The molecule has 0 unspecified atom stereocenters. The molecule has 0 bridgehead atoms. The third-order valence-electron chi connectivity index (χ3n) is 6.39. The highest BCUT2D eigenvalue weighted by Gasteiger charge is 2.24. The van der Waals surface area contributed by atoms with Gasteiger partial charge in [0.1, 0.15) is 11.2 Å². The summed E-state index contributed by atoms with van der Waals surface area (Å²) in [7, 11) is 0. The number of rotatable bonds is 5. The van der Waals surface area contributed by atoms with Gasteiger partial charge in [-0.1, -0.05) is 54.6 Å². The van der Waals surface area contributed by atoms with Crippen LogP contribution in [0.25, 0.3) is 33.1 Å². The van der Waals surface area contributed by atoms with E-state index in [1.165, 1.54) is 0 Å². The van der Waals surface area contributed by atoms with Crippen LogP contribution < -0.4 is 11.5 Å². The van der Waals surface area contributed by atoms with Crippen LogP contribution in [-0.4, -0.2) is 11.6 Å². The van der Waals surface area contributed by atoms with Crippen LogP contribution in [0.1, 0.15) is 32.2 Å². The lowest BCUT2D eigenvalue weighted by Crippen LogP contribution is -2.03. The maximum atomic E-state index is 13.4. The van der Waals surface area contributed by atoms with Gasteiger partial charge in [-0.3, -0.25) is 9.59 Å². The van der Waals surface area contributed by atoms with Crippen molar-refractivity contribution in [1.82, 2.24) is 0 Å². The van der Waals surface area contributed by atoms with E-state index in [-0.39, 0.29) is 34.5 Å². The molecule has 2 heterocycles. The van der Waals surface area contributed by atoms with Gasteiger partial charge in [0.05, 0.1) is 22.1 Å². The number of benzene rings is 4. The lowest BCUT2D eigenvalue weighted by molar-refractivity contribution is 0.100. The molecule has 4 aromatic carbocycles. The molecule has 0 amide bonds. The summed E-state index contributed by atoms with van der Waals surface area (Å²) in [6, 6.07) is 25.1. The predicted molar refractivity (Wildman–Crippen MR) is 155 cm³/mol. The Morgan fingerprint density at radius 3 is 1.89 bits per heavy atom. The summed E-state index contributed by atoms with van der Waals surface area (Å²) in [5.74, 6) is -0.455. The van der Waals surface area contributed by atoms with Crippen molar-refractivity contribution in [1.29, 1.82) is 0 Å². The van der Waals surface area contributed by atoms with Crippen LogP contribution >= 0.6 is 31.9 Å². The number of nitrogen functional groups attached to an aromatic ring is 2. The van der Waals surface area contributed by atoms with Gasteiger partial charge in [-0.05, 0) is 73.3 Å². The van der Waals surface area contributed by atoms with Gasteiger partial charge in [0.25, 0.3) is 0 Å². The average molecular weight is 630 g/mol. The van der Waals surface area contributed by atoms with Crippen molar-refractivity contribution >= 4 is 76.7 Å². The number of nitrogens with two attached hydrogens (primary N) is 2. The Hall–Kier alpha value is -4.14. The minimum atomic E-state index is -0.328. The number of hydrogen-bond acceptors (Lipinski definition) is 6. The second-order valence-electron chi connectivity index (χ2n) is 8.74. The van der Waals surface area contributed by atoms with E-state index < -0.39 is 0 Å². The van der Waals surface area contributed by atoms with E-state index in [0.29, 0.717) is 37.5 Å². The number of furan rings is 2. The van der Waals surface area contributed by atoms with E-state index in [1.807, 2.05) is 30.3 Å². The highest BCUT2D eigenvalue weighted by Crippen LogP contribution is 2.39. The number of hydrogen-bond donors (Lipinski definition) is 2. The van der Waals surface area contributed by atoms with Crippen LogP contribution in [0, 0.1) is 0 Å². The van der Waals surface area contributed by atoms with E-state index in [2.05, 4.69) is 31.9 Å². The highest BCUT2D eigenvalue weighted by molar-refractivity contribution is 9.11. The van der Waals surface area contributed by atoms with Gasteiger partial charge in [-0.15, -0.1) is 0 Å². The molecule has 38 heavy (non-hydrogen) atoms. The number of anilines is 2. The molecule has 0 aliphatic carbocycles. The Bertz CT molecular complexity index is 1900. The first-order chi connectivity index (χ1) is 18.3. The standard InChI is InChI=1S/C30H18Br2N2O4/c31-19-10-5-11-21-23(19)25(33)30(37-21)28(36)17-9-4-8-16(12-17)18-13-20(32)24-22(14-18)38-29(26(24)34)27(35)15-6-2-1-3-7-15/h1-14H,33-34H2. The van der Waals surface area contributed by atoms with Gasteiger partial charge in [0.2, 0.25) is 11.6 Å². The molecule has 2 aromatic heterocycles. The first-order valence-electron chi connectivity index (χ1n) is 11.6. The summed E-state index contributed by atoms with van der Waals surface area (Å²) >= 11 is 7.05. The normalized spacial score (nSPS) is 11.3. The zero-order chi connectivity index (χ0) is 26.6. The van der Waals surface area contributed by atoms with Gasteiger partial charge < -0.3 is 20.3 Å². The largest absolute Gasteiger partial charge is 0.450 e. The van der Waals surface area contributed by atoms with Crippen LogP contribution in [0.2, 0.25) is 0 Å². The fraction of sp³-hybridized carbons (Fsp3) is 0. The summed E-state index contributed by atoms with van der Waals surface area (Å²) < 4.78 is 13.2.